The minimum atomic E-state index is -4.86. The van der Waals surface area contributed by atoms with Crippen LogP contribution in [0.1, 0.15) is 39.6 Å². The van der Waals surface area contributed by atoms with E-state index in [2.05, 4.69) is 10.3 Å². The summed E-state index contributed by atoms with van der Waals surface area (Å²) in [5.74, 6) is -0.781. The van der Waals surface area contributed by atoms with E-state index in [9.17, 15) is 26.3 Å². The van der Waals surface area contributed by atoms with Crippen LogP contribution in [0.5, 0.6) is 0 Å². The van der Waals surface area contributed by atoms with E-state index in [4.69, 9.17) is 11.1 Å². The van der Waals surface area contributed by atoms with Gasteiger partial charge in [0.05, 0.1) is 16.8 Å². The highest BCUT2D eigenvalue weighted by Crippen LogP contribution is 2.41. The zero-order chi connectivity index (χ0) is 20.0. The Labute approximate surface area is 153 Å². The van der Waals surface area contributed by atoms with E-state index in [1.54, 1.807) is 0 Å². The number of rotatable bonds is 2. The summed E-state index contributed by atoms with van der Waals surface area (Å²) in [7, 11) is 0. The number of alkyl halides is 6. The van der Waals surface area contributed by atoms with Gasteiger partial charge in [-0.3, -0.25) is 5.41 Å². The number of halogens is 6. The number of nitrogens with zero attached hydrogens (tertiary/aromatic N) is 1. The average Bonchev–Trinajstić information content (AvgIpc) is 2.93. The molecule has 0 aliphatic heterocycles. The number of nitrogens with one attached hydrogen (secondary N) is 2. The van der Waals surface area contributed by atoms with Crippen molar-refractivity contribution >= 4 is 22.4 Å². The number of benzene rings is 1. The maximum atomic E-state index is 13.1. The van der Waals surface area contributed by atoms with Gasteiger partial charge in [0.1, 0.15) is 0 Å². The summed E-state index contributed by atoms with van der Waals surface area (Å²) in [5, 5.41) is 10.1. The average molecular weight is 408 g/mol. The van der Waals surface area contributed by atoms with Gasteiger partial charge in [-0.05, 0) is 48.9 Å². The fraction of sp³-hybridized carbons (Fsp3) is 0.375. The third-order valence-electron chi connectivity index (χ3n) is 4.26. The van der Waals surface area contributed by atoms with Crippen LogP contribution < -0.4 is 11.1 Å². The number of aryl methyl sites for hydroxylation is 1. The molecule has 0 saturated heterocycles. The largest absolute Gasteiger partial charge is 0.416 e. The van der Waals surface area contributed by atoms with Gasteiger partial charge in [-0.25, -0.2) is 4.98 Å². The molecule has 27 heavy (non-hydrogen) atoms. The van der Waals surface area contributed by atoms with Crippen LogP contribution >= 0.6 is 11.3 Å². The van der Waals surface area contributed by atoms with Crippen molar-refractivity contribution < 1.29 is 26.3 Å². The van der Waals surface area contributed by atoms with E-state index in [0.29, 0.717) is 18.0 Å². The number of anilines is 1. The van der Waals surface area contributed by atoms with Crippen molar-refractivity contribution in [1.29, 1.82) is 5.41 Å². The molecule has 146 valence electrons. The third kappa shape index (κ3) is 4.34. The number of hydrogen-bond donors (Lipinski definition) is 3. The summed E-state index contributed by atoms with van der Waals surface area (Å²) in [6.45, 7) is 0. The van der Waals surface area contributed by atoms with Crippen molar-refractivity contribution in [2.45, 2.75) is 37.5 Å². The van der Waals surface area contributed by atoms with E-state index in [-0.39, 0.29) is 24.0 Å². The van der Waals surface area contributed by atoms with Gasteiger partial charge in [-0.15, -0.1) is 11.3 Å². The minimum Gasteiger partial charge on any atom is -0.370 e. The lowest BCUT2D eigenvalue weighted by atomic mass is 9.84. The molecule has 0 fully saturated rings. The van der Waals surface area contributed by atoms with E-state index in [1.807, 2.05) is 0 Å². The molecule has 0 bridgehead atoms. The number of nitrogens with two attached hydrogens (primary N) is 1. The molecule has 1 aliphatic carbocycles. The van der Waals surface area contributed by atoms with Crippen LogP contribution in [0, 0.1) is 5.41 Å². The van der Waals surface area contributed by atoms with Gasteiger partial charge >= 0.3 is 12.4 Å². The number of fused-ring (bicyclic) bond motifs is 1. The summed E-state index contributed by atoms with van der Waals surface area (Å²) in [5.41, 5.74) is 3.37. The molecule has 2 aromatic rings. The van der Waals surface area contributed by atoms with Crippen molar-refractivity contribution in [3.8, 4) is 0 Å². The Morgan fingerprint density at radius 1 is 1.11 bits per heavy atom. The Morgan fingerprint density at radius 2 is 1.70 bits per heavy atom. The van der Waals surface area contributed by atoms with Gasteiger partial charge in [-0.1, -0.05) is 0 Å². The minimum absolute atomic E-state index is 0.0114. The van der Waals surface area contributed by atoms with Crippen LogP contribution in [0.15, 0.2) is 18.2 Å². The lowest BCUT2D eigenvalue weighted by molar-refractivity contribution is -0.143. The van der Waals surface area contributed by atoms with Crippen LogP contribution in [-0.4, -0.2) is 10.9 Å². The fourth-order valence-electron chi connectivity index (χ4n) is 3.04. The Kier molecular flexibility index (Phi) is 4.83. The summed E-state index contributed by atoms with van der Waals surface area (Å²) < 4.78 is 78.3. The van der Waals surface area contributed by atoms with Crippen molar-refractivity contribution in [2.75, 3.05) is 5.32 Å². The van der Waals surface area contributed by atoms with E-state index in [1.165, 1.54) is 11.3 Å². The molecule has 0 radical (unpaired) electrons. The molecule has 1 aromatic carbocycles. The standard InChI is InChI=1S/C16H14F6N4S/c17-15(18,19)9-3-8(4-10(6-9)16(20,21)22)7-1-2-11-12(5-7)27-14(25-11)26-13(23)24/h3-4,6-7H,1-2,5H2,(H4,23,24,25,26)/t7-/m0/s1. The monoisotopic (exact) mass is 408 g/mol. The molecule has 0 amide bonds. The number of guanidine groups is 1. The van der Waals surface area contributed by atoms with Gasteiger partial charge in [0, 0.05) is 4.88 Å². The molecular weight excluding hydrogens is 394 g/mol. The Hall–Kier alpha value is -2.30. The smallest absolute Gasteiger partial charge is 0.370 e. The van der Waals surface area contributed by atoms with E-state index >= 15 is 0 Å². The molecule has 3 rings (SSSR count). The molecule has 1 aliphatic rings. The highest BCUT2D eigenvalue weighted by atomic mass is 32.1. The van der Waals surface area contributed by atoms with Gasteiger partial charge in [0.15, 0.2) is 11.1 Å². The Morgan fingerprint density at radius 3 is 2.22 bits per heavy atom. The first-order chi connectivity index (χ1) is 12.4. The van der Waals surface area contributed by atoms with Crippen LogP contribution in [0.2, 0.25) is 0 Å². The zero-order valence-electron chi connectivity index (χ0n) is 13.6. The summed E-state index contributed by atoms with van der Waals surface area (Å²) >= 11 is 1.19. The van der Waals surface area contributed by atoms with Crippen LogP contribution in [0.25, 0.3) is 0 Å². The first kappa shape index (κ1) is 19.5. The SMILES string of the molecule is N=C(N)Nc1nc2c(s1)C[C@@H](c1cc(C(F)(F)F)cc(C(F)(F)F)c1)CC2. The quantitative estimate of drug-likeness (QED) is 0.381. The molecule has 1 aromatic heterocycles. The third-order valence-corrected chi connectivity index (χ3v) is 5.30. The van der Waals surface area contributed by atoms with Crippen molar-refractivity contribution in [3.63, 3.8) is 0 Å². The van der Waals surface area contributed by atoms with Crippen LogP contribution in [-0.2, 0) is 25.2 Å². The van der Waals surface area contributed by atoms with Gasteiger partial charge in [-0.2, -0.15) is 26.3 Å². The zero-order valence-corrected chi connectivity index (χ0v) is 14.4. The summed E-state index contributed by atoms with van der Waals surface area (Å²) in [4.78, 5) is 5.02. The molecule has 11 heteroatoms. The fourth-order valence-corrected chi connectivity index (χ4v) is 4.14. The molecule has 4 N–H and O–H groups in total. The second kappa shape index (κ2) is 6.70. The molecule has 1 heterocycles. The topological polar surface area (TPSA) is 74.8 Å². The summed E-state index contributed by atoms with van der Waals surface area (Å²) in [6, 6.07) is 1.72. The molecule has 1 atom stereocenters. The predicted octanol–water partition coefficient (Wildman–Crippen LogP) is 4.76. The highest BCUT2D eigenvalue weighted by Gasteiger charge is 2.38. The second-order valence-corrected chi connectivity index (χ2v) is 7.29. The highest BCUT2D eigenvalue weighted by molar-refractivity contribution is 7.15. The lowest BCUT2D eigenvalue weighted by Crippen LogP contribution is -2.20. The molecular formula is C16H14F6N4S. The molecule has 0 spiro atoms. The maximum Gasteiger partial charge on any atom is 0.416 e. The lowest BCUT2D eigenvalue weighted by Gasteiger charge is -2.23. The van der Waals surface area contributed by atoms with Crippen molar-refractivity contribution in [1.82, 2.24) is 4.98 Å². The van der Waals surface area contributed by atoms with Crippen molar-refractivity contribution in [3.05, 3.63) is 45.5 Å². The first-order valence-corrected chi connectivity index (χ1v) is 8.64. The number of thiazole rings is 1. The van der Waals surface area contributed by atoms with Gasteiger partial charge in [0.2, 0.25) is 0 Å². The van der Waals surface area contributed by atoms with Crippen LogP contribution in [0.3, 0.4) is 0 Å². The van der Waals surface area contributed by atoms with Crippen LogP contribution in [0.4, 0.5) is 31.5 Å². The normalized spacial score (nSPS) is 17.5. The Bertz CT molecular complexity index is 839. The predicted molar refractivity (Wildman–Crippen MR) is 88.9 cm³/mol. The Balaban J connectivity index is 1.94. The number of hydrogen-bond acceptors (Lipinski definition) is 3. The van der Waals surface area contributed by atoms with Gasteiger partial charge in [0.25, 0.3) is 0 Å². The summed E-state index contributed by atoms with van der Waals surface area (Å²) in [6.07, 6.45) is -8.63. The van der Waals surface area contributed by atoms with Crippen molar-refractivity contribution in [2.24, 2.45) is 5.73 Å². The molecule has 0 unspecified atom stereocenters. The first-order valence-electron chi connectivity index (χ1n) is 7.82. The van der Waals surface area contributed by atoms with E-state index < -0.39 is 29.4 Å². The molecule has 4 nitrogen and oxygen atoms in total. The maximum absolute atomic E-state index is 13.1. The second-order valence-electron chi connectivity index (χ2n) is 6.21. The molecule has 0 saturated carbocycles. The van der Waals surface area contributed by atoms with Gasteiger partial charge < -0.3 is 11.1 Å². The number of aromatic nitrogens is 1. The van der Waals surface area contributed by atoms with E-state index in [0.717, 1.165) is 22.7 Å².